The van der Waals surface area contributed by atoms with Gasteiger partial charge < -0.3 is 15.0 Å². The van der Waals surface area contributed by atoms with Gasteiger partial charge in [0.2, 0.25) is 5.91 Å². The van der Waals surface area contributed by atoms with Crippen molar-refractivity contribution in [2.45, 2.75) is 26.4 Å². The summed E-state index contributed by atoms with van der Waals surface area (Å²) in [5.74, 6) is -0.103. The number of nitrogens with zero attached hydrogens (tertiary/aromatic N) is 1. The maximum Gasteiger partial charge on any atom is 0.410 e. The quantitative estimate of drug-likeness (QED) is 0.761. The van der Waals surface area contributed by atoms with Crippen molar-refractivity contribution in [2.75, 3.05) is 18.4 Å². The molecule has 1 saturated heterocycles. The number of hydrogen-bond donors (Lipinski definition) is 1. The van der Waals surface area contributed by atoms with E-state index in [-0.39, 0.29) is 24.5 Å². The molecule has 2 aromatic carbocycles. The number of benzene rings is 2. The molecule has 1 heterocycles. The number of nitrogens with one attached hydrogen (secondary N) is 1. The molecule has 0 unspecified atom stereocenters. The fourth-order valence-electron chi connectivity index (χ4n) is 3.10. The van der Waals surface area contributed by atoms with Crippen LogP contribution >= 0.6 is 15.9 Å². The van der Waals surface area contributed by atoms with Crippen molar-refractivity contribution in [3.63, 3.8) is 0 Å². The number of halogens is 1. The fourth-order valence-corrected chi connectivity index (χ4v) is 3.45. The molecule has 1 aliphatic heterocycles. The SMILES string of the molecule is Cc1ccc(Br)c(NC(=O)C2CCN(C(=O)OCc3ccccc3)CC2)c1. The second-order valence-electron chi connectivity index (χ2n) is 6.77. The molecule has 5 nitrogen and oxygen atoms in total. The van der Waals surface area contributed by atoms with Crippen molar-refractivity contribution in [2.24, 2.45) is 5.92 Å². The molecule has 142 valence electrons. The van der Waals surface area contributed by atoms with E-state index < -0.39 is 0 Å². The molecule has 1 aliphatic rings. The third-order valence-corrected chi connectivity index (χ3v) is 5.40. The van der Waals surface area contributed by atoms with Crippen LogP contribution < -0.4 is 5.32 Å². The Balaban J connectivity index is 1.47. The zero-order valence-corrected chi connectivity index (χ0v) is 16.9. The Morgan fingerprint density at radius 2 is 1.85 bits per heavy atom. The summed E-state index contributed by atoms with van der Waals surface area (Å²) in [6, 6.07) is 15.5. The normalized spacial score (nSPS) is 14.7. The van der Waals surface area contributed by atoms with Gasteiger partial charge in [0.15, 0.2) is 0 Å². The highest BCUT2D eigenvalue weighted by molar-refractivity contribution is 9.10. The Bertz CT molecular complexity index is 802. The van der Waals surface area contributed by atoms with E-state index in [9.17, 15) is 9.59 Å². The minimum absolute atomic E-state index is 0.00129. The molecule has 3 rings (SSSR count). The first-order valence-electron chi connectivity index (χ1n) is 9.05. The van der Waals surface area contributed by atoms with Gasteiger partial charge in [-0.05, 0) is 59.0 Å². The highest BCUT2D eigenvalue weighted by Crippen LogP contribution is 2.26. The molecule has 1 fully saturated rings. The highest BCUT2D eigenvalue weighted by atomic mass is 79.9. The molecular formula is C21H23BrN2O3. The van der Waals surface area contributed by atoms with Crippen molar-refractivity contribution in [1.29, 1.82) is 0 Å². The second-order valence-corrected chi connectivity index (χ2v) is 7.63. The molecule has 2 aromatic rings. The first kappa shape index (κ1) is 19.4. The Kier molecular flexibility index (Phi) is 6.50. The fraction of sp³-hybridized carbons (Fsp3) is 0.333. The summed E-state index contributed by atoms with van der Waals surface area (Å²) in [5.41, 5.74) is 2.83. The number of hydrogen-bond acceptors (Lipinski definition) is 3. The predicted octanol–water partition coefficient (Wildman–Crippen LogP) is 4.74. The number of amides is 2. The lowest BCUT2D eigenvalue weighted by Crippen LogP contribution is -2.41. The van der Waals surface area contributed by atoms with Crippen molar-refractivity contribution in [3.05, 3.63) is 64.1 Å². The topological polar surface area (TPSA) is 58.6 Å². The van der Waals surface area contributed by atoms with Crippen LogP contribution in [-0.2, 0) is 16.1 Å². The van der Waals surface area contributed by atoms with Crippen LogP contribution in [0.1, 0.15) is 24.0 Å². The Hall–Kier alpha value is -2.34. The monoisotopic (exact) mass is 430 g/mol. The lowest BCUT2D eigenvalue weighted by Gasteiger charge is -2.30. The van der Waals surface area contributed by atoms with E-state index in [1.807, 2.05) is 55.5 Å². The number of carbonyl (C=O) groups is 2. The minimum Gasteiger partial charge on any atom is -0.445 e. The van der Waals surface area contributed by atoms with Gasteiger partial charge in [0.25, 0.3) is 0 Å². The van der Waals surface area contributed by atoms with Gasteiger partial charge in [0, 0.05) is 23.5 Å². The van der Waals surface area contributed by atoms with Gasteiger partial charge in [-0.1, -0.05) is 36.4 Å². The van der Waals surface area contributed by atoms with Gasteiger partial charge in [-0.25, -0.2) is 4.79 Å². The third kappa shape index (κ3) is 5.32. The lowest BCUT2D eigenvalue weighted by atomic mass is 9.96. The molecule has 0 radical (unpaired) electrons. The van der Waals surface area contributed by atoms with Crippen LogP contribution in [-0.4, -0.2) is 30.0 Å². The predicted molar refractivity (Wildman–Crippen MR) is 108 cm³/mol. The number of anilines is 1. The average molecular weight is 431 g/mol. The Morgan fingerprint density at radius 1 is 1.15 bits per heavy atom. The zero-order chi connectivity index (χ0) is 19.2. The lowest BCUT2D eigenvalue weighted by molar-refractivity contribution is -0.121. The van der Waals surface area contributed by atoms with Gasteiger partial charge in [-0.2, -0.15) is 0 Å². The second kappa shape index (κ2) is 9.04. The molecule has 0 bridgehead atoms. The van der Waals surface area contributed by atoms with Crippen LogP contribution in [0.2, 0.25) is 0 Å². The summed E-state index contributed by atoms with van der Waals surface area (Å²) in [4.78, 5) is 26.4. The van der Waals surface area contributed by atoms with Gasteiger partial charge in [0.05, 0.1) is 5.69 Å². The summed E-state index contributed by atoms with van der Waals surface area (Å²) in [6.07, 6.45) is 0.949. The molecule has 0 atom stereocenters. The van der Waals surface area contributed by atoms with Crippen LogP contribution in [0, 0.1) is 12.8 Å². The van der Waals surface area contributed by atoms with E-state index >= 15 is 0 Å². The summed E-state index contributed by atoms with van der Waals surface area (Å²) in [7, 11) is 0. The first-order chi connectivity index (χ1) is 13.0. The molecule has 1 N–H and O–H groups in total. The van der Waals surface area contributed by atoms with Crippen molar-refractivity contribution < 1.29 is 14.3 Å². The Labute approximate surface area is 167 Å². The van der Waals surface area contributed by atoms with Gasteiger partial charge in [-0.3, -0.25) is 4.79 Å². The molecule has 0 aliphatic carbocycles. The van der Waals surface area contributed by atoms with Crippen LogP contribution in [0.3, 0.4) is 0 Å². The summed E-state index contributed by atoms with van der Waals surface area (Å²) in [6.45, 7) is 3.31. The minimum atomic E-state index is -0.320. The van der Waals surface area contributed by atoms with Crippen LogP contribution in [0.4, 0.5) is 10.5 Å². The number of rotatable bonds is 4. The third-order valence-electron chi connectivity index (χ3n) is 4.71. The van der Waals surface area contributed by atoms with Gasteiger partial charge >= 0.3 is 6.09 Å². The summed E-state index contributed by atoms with van der Waals surface area (Å²) >= 11 is 3.46. The maximum absolute atomic E-state index is 12.6. The van der Waals surface area contributed by atoms with Crippen molar-refractivity contribution >= 4 is 33.6 Å². The van der Waals surface area contributed by atoms with Crippen LogP contribution in [0.5, 0.6) is 0 Å². The number of piperidine rings is 1. The molecule has 0 spiro atoms. The van der Waals surface area contributed by atoms with E-state index in [0.29, 0.717) is 25.9 Å². The Morgan fingerprint density at radius 3 is 2.56 bits per heavy atom. The number of aryl methyl sites for hydroxylation is 1. The van der Waals surface area contributed by atoms with Crippen molar-refractivity contribution in [3.8, 4) is 0 Å². The molecule has 6 heteroatoms. The van der Waals surface area contributed by atoms with E-state index in [1.54, 1.807) is 4.90 Å². The van der Waals surface area contributed by atoms with Crippen molar-refractivity contribution in [1.82, 2.24) is 4.90 Å². The number of likely N-dealkylation sites (tertiary alicyclic amines) is 1. The number of carbonyl (C=O) groups excluding carboxylic acids is 2. The van der Waals surface area contributed by atoms with Gasteiger partial charge in [0.1, 0.15) is 6.61 Å². The zero-order valence-electron chi connectivity index (χ0n) is 15.3. The van der Waals surface area contributed by atoms with E-state index in [4.69, 9.17) is 4.74 Å². The molecule has 0 saturated carbocycles. The summed E-state index contributed by atoms with van der Waals surface area (Å²) < 4.78 is 6.23. The van der Waals surface area contributed by atoms with E-state index in [0.717, 1.165) is 21.3 Å². The molecular weight excluding hydrogens is 408 g/mol. The van der Waals surface area contributed by atoms with E-state index in [1.165, 1.54) is 0 Å². The molecule has 27 heavy (non-hydrogen) atoms. The highest BCUT2D eigenvalue weighted by Gasteiger charge is 2.28. The average Bonchev–Trinajstić information content (AvgIpc) is 2.70. The largest absolute Gasteiger partial charge is 0.445 e. The first-order valence-corrected chi connectivity index (χ1v) is 9.85. The molecule has 2 amide bonds. The van der Waals surface area contributed by atoms with Crippen LogP contribution in [0.15, 0.2) is 53.0 Å². The summed E-state index contributed by atoms with van der Waals surface area (Å²) in [5, 5.41) is 2.99. The maximum atomic E-state index is 12.6. The van der Waals surface area contributed by atoms with E-state index in [2.05, 4.69) is 21.2 Å². The number of ether oxygens (including phenoxy) is 1. The smallest absolute Gasteiger partial charge is 0.410 e. The van der Waals surface area contributed by atoms with Gasteiger partial charge in [-0.15, -0.1) is 0 Å². The van der Waals surface area contributed by atoms with Crippen LogP contribution in [0.25, 0.3) is 0 Å². The standard InChI is InChI=1S/C21H23BrN2O3/c1-15-7-8-18(22)19(13-15)23-20(25)17-9-11-24(12-10-17)21(26)27-14-16-5-3-2-4-6-16/h2-8,13,17H,9-12,14H2,1H3,(H,23,25). The molecule has 0 aromatic heterocycles.